The Bertz CT molecular complexity index is 554. The molecule has 25 heavy (non-hydrogen) atoms. The minimum absolute atomic E-state index is 0.00659. The van der Waals surface area contributed by atoms with Crippen LogP contribution in [-0.2, 0) is 25.6 Å². The summed E-state index contributed by atoms with van der Waals surface area (Å²) >= 11 is 0. The Morgan fingerprint density at radius 2 is 2.04 bits per heavy atom. The summed E-state index contributed by atoms with van der Waals surface area (Å²) < 4.78 is 21.7. The van der Waals surface area contributed by atoms with Crippen molar-refractivity contribution in [3.63, 3.8) is 0 Å². The van der Waals surface area contributed by atoms with Gasteiger partial charge in [0.15, 0.2) is 12.1 Å². The van der Waals surface area contributed by atoms with Gasteiger partial charge in [-0.1, -0.05) is 30.3 Å². The number of aliphatic hydroxyl groups is 1. The van der Waals surface area contributed by atoms with Gasteiger partial charge in [0.25, 0.3) is 0 Å². The second kappa shape index (κ2) is 8.14. The zero-order valence-electron chi connectivity index (χ0n) is 15.2. The van der Waals surface area contributed by atoms with E-state index in [1.54, 1.807) is 20.8 Å². The number of carbonyl (C=O) groups excluding carboxylic acids is 1. The van der Waals surface area contributed by atoms with E-state index >= 15 is 0 Å². The van der Waals surface area contributed by atoms with E-state index in [0.29, 0.717) is 6.61 Å². The van der Waals surface area contributed by atoms with Gasteiger partial charge in [-0.25, -0.2) is 4.79 Å². The van der Waals surface area contributed by atoms with Crippen LogP contribution in [0.2, 0.25) is 0 Å². The van der Waals surface area contributed by atoms with Gasteiger partial charge in [-0.15, -0.1) is 0 Å². The summed E-state index contributed by atoms with van der Waals surface area (Å²) in [6.07, 6.45) is -1.32. The fourth-order valence-corrected chi connectivity index (χ4v) is 2.37. The first-order valence-electron chi connectivity index (χ1n) is 8.26. The maximum Gasteiger partial charge on any atom is 0.410 e. The van der Waals surface area contributed by atoms with Crippen molar-refractivity contribution >= 4 is 6.09 Å². The van der Waals surface area contributed by atoms with Crippen LogP contribution in [-0.4, -0.2) is 53.7 Å². The highest BCUT2D eigenvalue weighted by Crippen LogP contribution is 2.22. The third kappa shape index (κ3) is 6.99. The molecule has 1 aromatic carbocycles. The lowest BCUT2D eigenvalue weighted by Gasteiger charge is -2.41. The molecule has 0 aliphatic carbocycles. The average Bonchev–Trinajstić information content (AvgIpc) is 2.49. The minimum Gasteiger partial charge on any atom is -0.444 e. The SMILES string of the molecule is CC(C)(C)OC(=O)N1CC(OCOCc2ccccc2)OC(C)(O)C1. The van der Waals surface area contributed by atoms with Gasteiger partial charge in [0.05, 0.1) is 19.7 Å². The van der Waals surface area contributed by atoms with Gasteiger partial charge < -0.3 is 24.1 Å². The smallest absolute Gasteiger partial charge is 0.410 e. The molecule has 140 valence electrons. The standard InChI is InChI=1S/C18H27NO6/c1-17(2,3)25-16(20)19-10-15(24-18(4,21)12-19)23-13-22-11-14-8-6-5-7-9-14/h5-9,15,21H,10-13H2,1-4H3. The molecule has 2 unspecified atom stereocenters. The van der Waals surface area contributed by atoms with Crippen LogP contribution in [0.4, 0.5) is 4.79 Å². The normalized spacial score (nSPS) is 24.2. The Morgan fingerprint density at radius 3 is 2.68 bits per heavy atom. The lowest BCUT2D eigenvalue weighted by Crippen LogP contribution is -2.57. The maximum absolute atomic E-state index is 12.2. The summed E-state index contributed by atoms with van der Waals surface area (Å²) in [5.41, 5.74) is 0.411. The van der Waals surface area contributed by atoms with E-state index in [2.05, 4.69) is 0 Å². The second-order valence-electron chi connectivity index (χ2n) is 7.20. The van der Waals surface area contributed by atoms with E-state index in [1.807, 2.05) is 30.3 Å². The Hall–Kier alpha value is -1.67. The number of hydrogen-bond acceptors (Lipinski definition) is 6. The third-order valence-corrected chi connectivity index (χ3v) is 3.34. The first-order valence-corrected chi connectivity index (χ1v) is 8.26. The van der Waals surface area contributed by atoms with Crippen LogP contribution in [0.15, 0.2) is 30.3 Å². The first kappa shape index (κ1) is 19.7. The highest BCUT2D eigenvalue weighted by Gasteiger charge is 2.39. The van der Waals surface area contributed by atoms with Crippen molar-refractivity contribution in [3.8, 4) is 0 Å². The summed E-state index contributed by atoms with van der Waals surface area (Å²) in [6.45, 7) is 7.38. The molecule has 1 aliphatic rings. The zero-order chi connectivity index (χ0) is 18.5. The molecule has 0 spiro atoms. The summed E-state index contributed by atoms with van der Waals surface area (Å²) in [5.74, 6) is -1.51. The molecule has 2 rings (SSSR count). The van der Waals surface area contributed by atoms with Crippen LogP contribution in [0.25, 0.3) is 0 Å². The van der Waals surface area contributed by atoms with Crippen molar-refractivity contribution in [2.24, 2.45) is 0 Å². The van der Waals surface area contributed by atoms with Gasteiger partial charge in [0, 0.05) is 0 Å². The number of amides is 1. The summed E-state index contributed by atoms with van der Waals surface area (Å²) in [7, 11) is 0. The molecular weight excluding hydrogens is 326 g/mol. The van der Waals surface area contributed by atoms with Gasteiger partial charge in [0.1, 0.15) is 12.4 Å². The van der Waals surface area contributed by atoms with Crippen molar-refractivity contribution in [1.82, 2.24) is 4.90 Å². The van der Waals surface area contributed by atoms with Crippen LogP contribution in [0.1, 0.15) is 33.3 Å². The molecule has 7 heteroatoms. The number of β-amino-alcohol motifs (C(OH)–C–C–N with tert-alkyl or cyclic N) is 1. The lowest BCUT2D eigenvalue weighted by molar-refractivity contribution is -0.326. The summed E-state index contributed by atoms with van der Waals surface area (Å²) in [6, 6.07) is 9.70. The van der Waals surface area contributed by atoms with E-state index in [4.69, 9.17) is 18.9 Å². The minimum atomic E-state index is -1.51. The van der Waals surface area contributed by atoms with E-state index in [1.165, 1.54) is 11.8 Å². The van der Waals surface area contributed by atoms with Crippen LogP contribution >= 0.6 is 0 Å². The summed E-state index contributed by atoms with van der Waals surface area (Å²) in [4.78, 5) is 13.6. The third-order valence-electron chi connectivity index (χ3n) is 3.34. The second-order valence-corrected chi connectivity index (χ2v) is 7.20. The number of carbonyl (C=O) groups is 1. The molecule has 1 heterocycles. The topological polar surface area (TPSA) is 77.5 Å². The van der Waals surface area contributed by atoms with Crippen molar-refractivity contribution < 1.29 is 28.8 Å². The molecular formula is C18H27NO6. The van der Waals surface area contributed by atoms with E-state index < -0.39 is 23.8 Å². The first-order chi connectivity index (χ1) is 11.6. The molecule has 0 bridgehead atoms. The van der Waals surface area contributed by atoms with Crippen molar-refractivity contribution in [1.29, 1.82) is 0 Å². The summed E-state index contributed by atoms with van der Waals surface area (Å²) in [5, 5.41) is 10.2. The number of nitrogens with zero attached hydrogens (tertiary/aromatic N) is 1. The predicted molar refractivity (Wildman–Crippen MR) is 90.5 cm³/mol. The lowest BCUT2D eigenvalue weighted by atomic mass is 10.2. The van der Waals surface area contributed by atoms with Crippen LogP contribution in [0.3, 0.4) is 0 Å². The van der Waals surface area contributed by atoms with Crippen molar-refractivity contribution in [2.45, 2.75) is 52.0 Å². The fourth-order valence-electron chi connectivity index (χ4n) is 2.37. The highest BCUT2D eigenvalue weighted by molar-refractivity contribution is 5.68. The molecule has 2 atom stereocenters. The Balaban J connectivity index is 1.82. The monoisotopic (exact) mass is 353 g/mol. The molecule has 1 fully saturated rings. The Morgan fingerprint density at radius 1 is 1.36 bits per heavy atom. The van der Waals surface area contributed by atoms with E-state index in [0.717, 1.165) is 5.56 Å². The Kier molecular flexibility index (Phi) is 6.40. The van der Waals surface area contributed by atoms with Crippen LogP contribution in [0.5, 0.6) is 0 Å². The molecule has 0 saturated carbocycles. The molecule has 1 saturated heterocycles. The van der Waals surface area contributed by atoms with Gasteiger partial charge in [-0.05, 0) is 33.3 Å². The van der Waals surface area contributed by atoms with Gasteiger partial charge in [-0.2, -0.15) is 0 Å². The number of rotatable bonds is 5. The molecule has 0 radical (unpaired) electrons. The fraction of sp³-hybridized carbons (Fsp3) is 0.611. The Labute approximate surface area is 148 Å². The van der Waals surface area contributed by atoms with Gasteiger partial charge >= 0.3 is 6.09 Å². The quantitative estimate of drug-likeness (QED) is 0.647. The highest BCUT2D eigenvalue weighted by atomic mass is 16.8. The number of hydrogen-bond donors (Lipinski definition) is 1. The van der Waals surface area contributed by atoms with Crippen molar-refractivity contribution in [2.75, 3.05) is 19.9 Å². The number of benzene rings is 1. The average molecular weight is 353 g/mol. The van der Waals surface area contributed by atoms with E-state index in [-0.39, 0.29) is 19.9 Å². The van der Waals surface area contributed by atoms with Crippen molar-refractivity contribution in [3.05, 3.63) is 35.9 Å². The van der Waals surface area contributed by atoms with E-state index in [9.17, 15) is 9.90 Å². The number of morpholine rings is 1. The molecule has 7 nitrogen and oxygen atoms in total. The molecule has 1 aliphatic heterocycles. The van der Waals surface area contributed by atoms with Gasteiger partial charge in [0.2, 0.25) is 0 Å². The molecule has 1 N–H and O–H groups in total. The molecule has 1 amide bonds. The van der Waals surface area contributed by atoms with Gasteiger partial charge in [-0.3, -0.25) is 4.90 Å². The zero-order valence-corrected chi connectivity index (χ0v) is 15.2. The molecule has 0 aromatic heterocycles. The largest absolute Gasteiger partial charge is 0.444 e. The van der Waals surface area contributed by atoms with Crippen LogP contribution in [0, 0.1) is 0 Å². The number of ether oxygens (including phenoxy) is 4. The van der Waals surface area contributed by atoms with Crippen LogP contribution < -0.4 is 0 Å². The maximum atomic E-state index is 12.2. The predicted octanol–water partition coefficient (Wildman–Crippen LogP) is 2.48. The molecule has 1 aromatic rings.